The summed E-state index contributed by atoms with van der Waals surface area (Å²) in [6, 6.07) is 0. The van der Waals surface area contributed by atoms with Gasteiger partial charge in [0, 0.05) is 39.7 Å². The summed E-state index contributed by atoms with van der Waals surface area (Å²) in [5.41, 5.74) is 0. The second kappa shape index (κ2) is 6.75. The summed E-state index contributed by atoms with van der Waals surface area (Å²) in [6.07, 6.45) is 0.588. The van der Waals surface area contributed by atoms with Gasteiger partial charge in [0.15, 0.2) is 0 Å². The van der Waals surface area contributed by atoms with E-state index in [0.29, 0.717) is 26.4 Å². The number of carbonyl (C=O) groups is 1. The summed E-state index contributed by atoms with van der Waals surface area (Å²) in [4.78, 5) is 13.3. The number of nitrogens with zero attached hydrogens (tertiary/aromatic N) is 1. The molecule has 0 saturated carbocycles. The normalized spacial score (nSPS) is 18.4. The van der Waals surface area contributed by atoms with E-state index in [-0.39, 0.29) is 5.91 Å². The van der Waals surface area contributed by atoms with Gasteiger partial charge in [0.25, 0.3) is 0 Å². The molecule has 1 fully saturated rings. The summed E-state index contributed by atoms with van der Waals surface area (Å²) >= 11 is 0. The van der Waals surface area contributed by atoms with Crippen molar-refractivity contribution >= 4 is 5.91 Å². The molecule has 0 aliphatic carbocycles. The van der Waals surface area contributed by atoms with Crippen LogP contribution in [0.5, 0.6) is 0 Å². The Morgan fingerprint density at radius 3 is 3.14 bits per heavy atom. The van der Waals surface area contributed by atoms with Gasteiger partial charge in [-0.25, -0.2) is 0 Å². The molecule has 0 atom stereocenters. The maximum Gasteiger partial charge on any atom is 0.223 e. The molecule has 0 aromatic carbocycles. The predicted octanol–water partition coefficient (Wildman–Crippen LogP) is -0.571. The minimum atomic E-state index is 0.205. The summed E-state index contributed by atoms with van der Waals surface area (Å²) in [5, 5.41) is 3.18. The zero-order chi connectivity index (χ0) is 10.2. The zero-order valence-electron chi connectivity index (χ0n) is 8.62. The van der Waals surface area contributed by atoms with Crippen LogP contribution in [-0.4, -0.2) is 57.5 Å². The molecule has 1 heterocycles. The van der Waals surface area contributed by atoms with E-state index in [1.165, 1.54) is 0 Å². The van der Waals surface area contributed by atoms with Gasteiger partial charge in [0.1, 0.15) is 6.79 Å². The monoisotopic (exact) mass is 202 g/mol. The minimum Gasteiger partial charge on any atom is -0.359 e. The summed E-state index contributed by atoms with van der Waals surface area (Å²) < 4.78 is 9.88. The standard InChI is InChI=1S/C9H18N2O3/c1-13-8-14-7-6-11-5-4-10-3-2-9(11)12/h10H,2-8H2,1H3. The Morgan fingerprint density at radius 2 is 2.36 bits per heavy atom. The fourth-order valence-corrected chi connectivity index (χ4v) is 1.37. The van der Waals surface area contributed by atoms with E-state index in [2.05, 4.69) is 5.32 Å². The van der Waals surface area contributed by atoms with Crippen molar-refractivity contribution in [2.75, 3.05) is 46.7 Å². The summed E-state index contributed by atoms with van der Waals surface area (Å²) in [5.74, 6) is 0.205. The molecule has 1 rings (SSSR count). The number of hydrogen-bond donors (Lipinski definition) is 1. The summed E-state index contributed by atoms with van der Waals surface area (Å²) in [6.45, 7) is 3.92. The molecule has 82 valence electrons. The average molecular weight is 202 g/mol. The highest BCUT2D eigenvalue weighted by molar-refractivity contribution is 5.76. The van der Waals surface area contributed by atoms with Crippen molar-refractivity contribution in [2.45, 2.75) is 6.42 Å². The molecule has 1 saturated heterocycles. The molecule has 0 spiro atoms. The SMILES string of the molecule is COCOCCN1CCNCCC1=O. The first-order chi connectivity index (χ1) is 6.84. The third-order valence-electron chi connectivity index (χ3n) is 2.13. The average Bonchev–Trinajstić information content (AvgIpc) is 2.39. The quantitative estimate of drug-likeness (QED) is 0.479. The number of carbonyl (C=O) groups excluding carboxylic acids is 1. The van der Waals surface area contributed by atoms with E-state index in [9.17, 15) is 4.79 Å². The Hall–Kier alpha value is -0.650. The van der Waals surface area contributed by atoms with Crippen LogP contribution in [0.25, 0.3) is 0 Å². The molecule has 0 unspecified atom stereocenters. The van der Waals surface area contributed by atoms with Gasteiger partial charge in [-0.05, 0) is 0 Å². The first kappa shape index (κ1) is 11.4. The number of nitrogens with one attached hydrogen (secondary N) is 1. The van der Waals surface area contributed by atoms with Crippen LogP contribution in [0.1, 0.15) is 6.42 Å². The van der Waals surface area contributed by atoms with Gasteiger partial charge in [-0.15, -0.1) is 0 Å². The maximum atomic E-state index is 11.5. The summed E-state index contributed by atoms with van der Waals surface area (Å²) in [7, 11) is 1.58. The fraction of sp³-hybridized carbons (Fsp3) is 0.889. The van der Waals surface area contributed by atoms with Crippen LogP contribution in [0.4, 0.5) is 0 Å². The van der Waals surface area contributed by atoms with E-state index in [1.807, 2.05) is 4.90 Å². The first-order valence-electron chi connectivity index (χ1n) is 4.90. The van der Waals surface area contributed by atoms with Crippen LogP contribution >= 0.6 is 0 Å². The Labute approximate surface area is 84.4 Å². The lowest BCUT2D eigenvalue weighted by molar-refractivity contribution is -0.131. The van der Waals surface area contributed by atoms with E-state index >= 15 is 0 Å². The predicted molar refractivity (Wildman–Crippen MR) is 51.9 cm³/mol. The van der Waals surface area contributed by atoms with Crippen LogP contribution in [0.15, 0.2) is 0 Å². The lowest BCUT2D eigenvalue weighted by Gasteiger charge is -2.19. The van der Waals surface area contributed by atoms with Crippen LogP contribution in [-0.2, 0) is 14.3 Å². The molecule has 5 nitrogen and oxygen atoms in total. The smallest absolute Gasteiger partial charge is 0.223 e. The second-order valence-corrected chi connectivity index (χ2v) is 3.20. The van der Waals surface area contributed by atoms with Gasteiger partial charge in [0.2, 0.25) is 5.91 Å². The molecule has 0 radical (unpaired) electrons. The number of ether oxygens (including phenoxy) is 2. The molecule has 0 aromatic rings. The number of rotatable bonds is 5. The van der Waals surface area contributed by atoms with Gasteiger partial charge in [-0.2, -0.15) is 0 Å². The van der Waals surface area contributed by atoms with Crippen molar-refractivity contribution in [2.24, 2.45) is 0 Å². The highest BCUT2D eigenvalue weighted by atomic mass is 16.7. The third-order valence-corrected chi connectivity index (χ3v) is 2.13. The highest BCUT2D eigenvalue weighted by Gasteiger charge is 2.15. The van der Waals surface area contributed by atoms with Crippen molar-refractivity contribution in [1.82, 2.24) is 10.2 Å². The minimum absolute atomic E-state index is 0.205. The van der Waals surface area contributed by atoms with E-state index in [0.717, 1.165) is 19.6 Å². The second-order valence-electron chi connectivity index (χ2n) is 3.20. The first-order valence-corrected chi connectivity index (χ1v) is 4.90. The Bertz CT molecular complexity index is 175. The molecule has 1 aliphatic rings. The Morgan fingerprint density at radius 1 is 1.50 bits per heavy atom. The highest BCUT2D eigenvalue weighted by Crippen LogP contribution is 1.97. The van der Waals surface area contributed by atoms with E-state index in [1.54, 1.807) is 7.11 Å². The van der Waals surface area contributed by atoms with Crippen LogP contribution in [0, 0.1) is 0 Å². The molecule has 5 heteroatoms. The molecule has 1 amide bonds. The fourth-order valence-electron chi connectivity index (χ4n) is 1.37. The van der Waals surface area contributed by atoms with Gasteiger partial charge >= 0.3 is 0 Å². The van der Waals surface area contributed by atoms with Crippen molar-refractivity contribution in [3.8, 4) is 0 Å². The van der Waals surface area contributed by atoms with E-state index in [4.69, 9.17) is 9.47 Å². The number of hydrogen-bond acceptors (Lipinski definition) is 4. The van der Waals surface area contributed by atoms with Gasteiger partial charge < -0.3 is 19.7 Å². The van der Waals surface area contributed by atoms with E-state index < -0.39 is 0 Å². The van der Waals surface area contributed by atoms with Crippen molar-refractivity contribution in [1.29, 1.82) is 0 Å². The van der Waals surface area contributed by atoms with Crippen LogP contribution in [0.3, 0.4) is 0 Å². The largest absolute Gasteiger partial charge is 0.359 e. The molecule has 0 aromatic heterocycles. The lowest BCUT2D eigenvalue weighted by atomic mass is 10.4. The van der Waals surface area contributed by atoms with Crippen molar-refractivity contribution in [3.05, 3.63) is 0 Å². The lowest BCUT2D eigenvalue weighted by Crippen LogP contribution is -2.35. The Balaban J connectivity index is 2.16. The zero-order valence-corrected chi connectivity index (χ0v) is 8.62. The third kappa shape index (κ3) is 4.04. The van der Waals surface area contributed by atoms with Crippen LogP contribution < -0.4 is 5.32 Å². The number of amides is 1. The van der Waals surface area contributed by atoms with Crippen LogP contribution in [0.2, 0.25) is 0 Å². The molecule has 0 bridgehead atoms. The molecule has 1 aliphatic heterocycles. The topological polar surface area (TPSA) is 50.8 Å². The molecule has 14 heavy (non-hydrogen) atoms. The molecular formula is C9H18N2O3. The van der Waals surface area contributed by atoms with Crippen molar-refractivity contribution in [3.63, 3.8) is 0 Å². The van der Waals surface area contributed by atoms with Gasteiger partial charge in [0.05, 0.1) is 6.61 Å². The van der Waals surface area contributed by atoms with Gasteiger partial charge in [-0.1, -0.05) is 0 Å². The van der Waals surface area contributed by atoms with Crippen molar-refractivity contribution < 1.29 is 14.3 Å². The number of methoxy groups -OCH3 is 1. The molecule has 1 N–H and O–H groups in total. The maximum absolute atomic E-state index is 11.5. The van der Waals surface area contributed by atoms with Gasteiger partial charge in [-0.3, -0.25) is 4.79 Å². The Kier molecular flexibility index (Phi) is 5.51. The molecular weight excluding hydrogens is 184 g/mol.